The van der Waals surface area contributed by atoms with Crippen molar-refractivity contribution in [3.8, 4) is 0 Å². The SMILES string of the molecule is Cn1c(CN2CCOCC2)nnc1C1CCCN(C(=O)CC2CCCC2)C1. The number of rotatable bonds is 5. The van der Waals surface area contributed by atoms with Gasteiger partial charge in [0, 0.05) is 45.6 Å². The lowest BCUT2D eigenvalue weighted by Crippen LogP contribution is -2.40. The summed E-state index contributed by atoms with van der Waals surface area (Å²) in [7, 11) is 2.07. The van der Waals surface area contributed by atoms with Crippen LogP contribution in [0.3, 0.4) is 0 Å². The van der Waals surface area contributed by atoms with Gasteiger partial charge in [-0.05, 0) is 31.6 Å². The molecule has 1 unspecified atom stereocenters. The standard InChI is InChI=1S/C20H33N5O2/c1-23-18(15-24-9-11-27-12-10-24)21-22-20(23)17-7-4-8-25(14-17)19(26)13-16-5-2-3-6-16/h16-17H,2-15H2,1H3. The summed E-state index contributed by atoms with van der Waals surface area (Å²) in [6.07, 6.45) is 7.96. The summed E-state index contributed by atoms with van der Waals surface area (Å²) in [6.45, 7) is 6.03. The Kier molecular flexibility index (Phi) is 6.08. The van der Waals surface area contributed by atoms with Gasteiger partial charge in [-0.1, -0.05) is 12.8 Å². The molecule has 7 heteroatoms. The van der Waals surface area contributed by atoms with E-state index < -0.39 is 0 Å². The first-order valence-corrected chi connectivity index (χ1v) is 10.7. The zero-order chi connectivity index (χ0) is 18.6. The van der Waals surface area contributed by atoms with Crippen LogP contribution in [0.15, 0.2) is 0 Å². The lowest BCUT2D eigenvalue weighted by atomic mass is 9.95. The molecule has 0 spiro atoms. The number of hydrogen-bond donors (Lipinski definition) is 0. The summed E-state index contributed by atoms with van der Waals surface area (Å²) in [5, 5.41) is 8.98. The van der Waals surface area contributed by atoms with Gasteiger partial charge in [-0.3, -0.25) is 9.69 Å². The van der Waals surface area contributed by atoms with Crippen molar-refractivity contribution in [2.24, 2.45) is 13.0 Å². The van der Waals surface area contributed by atoms with Crippen molar-refractivity contribution in [1.29, 1.82) is 0 Å². The number of morpholine rings is 1. The van der Waals surface area contributed by atoms with Crippen molar-refractivity contribution < 1.29 is 9.53 Å². The van der Waals surface area contributed by atoms with E-state index in [-0.39, 0.29) is 0 Å². The van der Waals surface area contributed by atoms with E-state index in [9.17, 15) is 4.79 Å². The normalized spacial score (nSPS) is 25.2. The van der Waals surface area contributed by atoms with Crippen LogP contribution in [0.1, 0.15) is 62.5 Å². The molecule has 1 aromatic rings. The molecule has 0 aromatic carbocycles. The molecule has 1 amide bonds. The van der Waals surface area contributed by atoms with Gasteiger partial charge >= 0.3 is 0 Å². The van der Waals surface area contributed by atoms with Crippen LogP contribution < -0.4 is 0 Å². The maximum Gasteiger partial charge on any atom is 0.222 e. The largest absolute Gasteiger partial charge is 0.379 e. The topological polar surface area (TPSA) is 63.5 Å². The van der Waals surface area contributed by atoms with E-state index in [1.165, 1.54) is 25.7 Å². The molecule has 3 heterocycles. The number of ether oxygens (including phenoxy) is 1. The molecule has 0 radical (unpaired) electrons. The molecule has 4 rings (SSSR count). The van der Waals surface area contributed by atoms with Crippen molar-refractivity contribution in [2.45, 2.75) is 57.4 Å². The predicted molar refractivity (Wildman–Crippen MR) is 102 cm³/mol. The van der Waals surface area contributed by atoms with E-state index in [1.54, 1.807) is 0 Å². The first-order chi connectivity index (χ1) is 13.2. The van der Waals surface area contributed by atoms with Crippen LogP contribution in [-0.2, 0) is 23.1 Å². The van der Waals surface area contributed by atoms with Gasteiger partial charge in [0.2, 0.25) is 5.91 Å². The number of carbonyl (C=O) groups excluding carboxylic acids is 1. The van der Waals surface area contributed by atoms with Crippen LogP contribution >= 0.6 is 0 Å². The second kappa shape index (κ2) is 8.69. The summed E-state index contributed by atoms with van der Waals surface area (Å²) in [6, 6.07) is 0. The Bertz CT molecular complexity index is 634. The van der Waals surface area contributed by atoms with Gasteiger partial charge in [0.15, 0.2) is 0 Å². The quantitative estimate of drug-likeness (QED) is 0.787. The monoisotopic (exact) mass is 375 g/mol. The highest BCUT2D eigenvalue weighted by Crippen LogP contribution is 2.30. The van der Waals surface area contributed by atoms with Gasteiger partial charge in [-0.25, -0.2) is 0 Å². The minimum Gasteiger partial charge on any atom is -0.379 e. The lowest BCUT2D eigenvalue weighted by molar-refractivity contribution is -0.133. The maximum atomic E-state index is 12.7. The van der Waals surface area contributed by atoms with Gasteiger partial charge in [-0.2, -0.15) is 0 Å². The van der Waals surface area contributed by atoms with Crippen molar-refractivity contribution in [3.63, 3.8) is 0 Å². The van der Waals surface area contributed by atoms with Crippen molar-refractivity contribution >= 4 is 5.91 Å². The number of hydrogen-bond acceptors (Lipinski definition) is 5. The minimum atomic E-state index is 0.308. The van der Waals surface area contributed by atoms with E-state index in [1.807, 2.05) is 0 Å². The first-order valence-electron chi connectivity index (χ1n) is 10.7. The Morgan fingerprint density at radius 3 is 2.63 bits per heavy atom. The smallest absolute Gasteiger partial charge is 0.222 e. The van der Waals surface area contributed by atoms with Crippen LogP contribution in [0.5, 0.6) is 0 Å². The fourth-order valence-electron chi connectivity index (χ4n) is 4.83. The number of aromatic nitrogens is 3. The highest BCUT2D eigenvalue weighted by atomic mass is 16.5. The molecule has 3 fully saturated rings. The summed E-state index contributed by atoms with van der Waals surface area (Å²) in [4.78, 5) is 17.2. The average Bonchev–Trinajstić information content (AvgIpc) is 3.33. The van der Waals surface area contributed by atoms with Gasteiger partial charge in [0.1, 0.15) is 11.6 Å². The third-order valence-corrected chi connectivity index (χ3v) is 6.54. The highest BCUT2D eigenvalue weighted by molar-refractivity contribution is 5.76. The molecule has 2 aliphatic heterocycles. The number of likely N-dealkylation sites (tertiary alicyclic amines) is 1. The summed E-state index contributed by atoms with van der Waals surface area (Å²) in [5.41, 5.74) is 0. The van der Waals surface area contributed by atoms with E-state index in [2.05, 4.69) is 31.6 Å². The van der Waals surface area contributed by atoms with Crippen molar-refractivity contribution in [2.75, 3.05) is 39.4 Å². The second-order valence-electron chi connectivity index (χ2n) is 8.46. The third-order valence-electron chi connectivity index (χ3n) is 6.54. The van der Waals surface area contributed by atoms with E-state index in [0.29, 0.717) is 17.7 Å². The molecule has 2 saturated heterocycles. The van der Waals surface area contributed by atoms with E-state index in [0.717, 1.165) is 76.8 Å². The zero-order valence-electron chi connectivity index (χ0n) is 16.6. The first kappa shape index (κ1) is 18.9. The summed E-state index contributed by atoms with van der Waals surface area (Å²) in [5.74, 6) is 3.33. The van der Waals surface area contributed by atoms with E-state index in [4.69, 9.17) is 4.74 Å². The summed E-state index contributed by atoms with van der Waals surface area (Å²) < 4.78 is 7.59. The van der Waals surface area contributed by atoms with Crippen LogP contribution in [0.4, 0.5) is 0 Å². The average molecular weight is 376 g/mol. The molecule has 0 N–H and O–H groups in total. The Morgan fingerprint density at radius 1 is 1.07 bits per heavy atom. The van der Waals surface area contributed by atoms with Crippen LogP contribution in [0.2, 0.25) is 0 Å². The molecule has 1 atom stereocenters. The van der Waals surface area contributed by atoms with E-state index >= 15 is 0 Å². The van der Waals surface area contributed by atoms with Crippen molar-refractivity contribution in [3.05, 3.63) is 11.6 Å². The second-order valence-corrected chi connectivity index (χ2v) is 8.46. The molecule has 1 saturated carbocycles. The Hall–Kier alpha value is -1.47. The fraction of sp³-hybridized carbons (Fsp3) is 0.850. The van der Waals surface area contributed by atoms with Crippen LogP contribution in [-0.4, -0.2) is 69.9 Å². The molecule has 7 nitrogen and oxygen atoms in total. The number of piperidine rings is 1. The fourth-order valence-corrected chi connectivity index (χ4v) is 4.83. The Labute approximate surface area is 162 Å². The number of carbonyl (C=O) groups is 1. The molecular weight excluding hydrogens is 342 g/mol. The maximum absolute atomic E-state index is 12.7. The van der Waals surface area contributed by atoms with Crippen LogP contribution in [0.25, 0.3) is 0 Å². The molecular formula is C20H33N5O2. The lowest BCUT2D eigenvalue weighted by Gasteiger charge is -2.33. The van der Waals surface area contributed by atoms with Gasteiger partial charge in [-0.15, -0.1) is 10.2 Å². The minimum absolute atomic E-state index is 0.308. The van der Waals surface area contributed by atoms with Crippen molar-refractivity contribution in [1.82, 2.24) is 24.6 Å². The number of amides is 1. The van der Waals surface area contributed by atoms with Gasteiger partial charge in [0.25, 0.3) is 0 Å². The Morgan fingerprint density at radius 2 is 1.85 bits per heavy atom. The molecule has 0 bridgehead atoms. The Balaban J connectivity index is 1.36. The highest BCUT2D eigenvalue weighted by Gasteiger charge is 2.30. The van der Waals surface area contributed by atoms with Gasteiger partial charge < -0.3 is 14.2 Å². The molecule has 3 aliphatic rings. The number of nitrogens with zero attached hydrogens (tertiary/aromatic N) is 5. The molecule has 150 valence electrons. The van der Waals surface area contributed by atoms with Gasteiger partial charge in [0.05, 0.1) is 19.8 Å². The molecule has 1 aromatic heterocycles. The molecule has 27 heavy (non-hydrogen) atoms. The van der Waals surface area contributed by atoms with Crippen LogP contribution in [0, 0.1) is 5.92 Å². The molecule has 1 aliphatic carbocycles. The third kappa shape index (κ3) is 4.51. The summed E-state index contributed by atoms with van der Waals surface area (Å²) >= 11 is 0. The zero-order valence-corrected chi connectivity index (χ0v) is 16.6. The predicted octanol–water partition coefficient (Wildman–Crippen LogP) is 1.93.